The van der Waals surface area contributed by atoms with Crippen molar-refractivity contribution in [3.05, 3.63) is 41.6 Å². The fourth-order valence-corrected chi connectivity index (χ4v) is 2.08. The Morgan fingerprint density at radius 1 is 1.00 bits per heavy atom. The number of allylic oxidation sites excluding steroid dienone is 4. The molecule has 0 aliphatic heterocycles. The van der Waals surface area contributed by atoms with Crippen molar-refractivity contribution in [1.82, 2.24) is 0 Å². The van der Waals surface area contributed by atoms with Crippen molar-refractivity contribution in [2.45, 2.75) is 6.42 Å². The number of rotatable bonds is 1. The lowest BCUT2D eigenvalue weighted by Crippen LogP contribution is -2.09. The molecule has 82 valence electrons. The molecule has 1 aromatic rings. The minimum atomic E-state index is 0.630. The third kappa shape index (κ3) is 1.92. The quantitative estimate of drug-likeness (QED) is 0.509. The minimum absolute atomic E-state index is 0.630. The van der Waals surface area contributed by atoms with E-state index in [2.05, 4.69) is 0 Å². The molecule has 0 radical (unpaired) electrons. The third-order valence-corrected chi connectivity index (χ3v) is 2.72. The normalized spacial score (nSPS) is 15.6. The smallest absolute Gasteiger partial charge is 0.0414 e. The second kappa shape index (κ2) is 3.98. The van der Waals surface area contributed by atoms with Gasteiger partial charge in [-0.1, -0.05) is 18.3 Å². The van der Waals surface area contributed by atoms with E-state index in [9.17, 15) is 0 Å². The summed E-state index contributed by atoms with van der Waals surface area (Å²) in [4.78, 5) is 0.803. The van der Waals surface area contributed by atoms with Crippen LogP contribution in [0, 0.1) is 0 Å². The fraction of sp³-hybridized carbons (Fsp3) is 0.0833. The largest absolute Gasteiger partial charge is 0.402 e. The molecule has 1 aromatic carbocycles. The van der Waals surface area contributed by atoms with E-state index in [1.54, 1.807) is 0 Å². The van der Waals surface area contributed by atoms with Gasteiger partial charge in [0.2, 0.25) is 0 Å². The molecule has 0 saturated carbocycles. The summed E-state index contributed by atoms with van der Waals surface area (Å²) in [5, 5.41) is 0. The van der Waals surface area contributed by atoms with Gasteiger partial charge in [-0.3, -0.25) is 0 Å². The van der Waals surface area contributed by atoms with Crippen LogP contribution in [0.1, 0.15) is 12.0 Å². The number of hydrogen-bond donors (Lipinski definition) is 3. The first kappa shape index (κ1) is 10.7. The summed E-state index contributed by atoms with van der Waals surface area (Å²) in [6.07, 6.45) is 4.40. The van der Waals surface area contributed by atoms with Gasteiger partial charge in [-0.15, -0.1) is 0 Å². The van der Waals surface area contributed by atoms with Crippen LogP contribution in [0.4, 0.5) is 11.4 Å². The Morgan fingerprint density at radius 2 is 1.62 bits per heavy atom. The second-order valence-electron chi connectivity index (χ2n) is 3.77. The predicted octanol–water partition coefficient (Wildman–Crippen LogP) is 1.85. The van der Waals surface area contributed by atoms with Gasteiger partial charge >= 0.3 is 0 Å². The molecule has 0 bridgehead atoms. The predicted molar refractivity (Wildman–Crippen MR) is 72.7 cm³/mol. The van der Waals surface area contributed by atoms with E-state index in [-0.39, 0.29) is 0 Å². The van der Waals surface area contributed by atoms with Crippen LogP contribution in [0.15, 0.2) is 36.0 Å². The molecule has 6 N–H and O–H groups in total. The van der Waals surface area contributed by atoms with Crippen molar-refractivity contribution in [3.63, 3.8) is 0 Å². The number of nitrogen functional groups attached to an aromatic ring is 2. The first-order chi connectivity index (χ1) is 7.58. The molecule has 0 fully saturated rings. The Kier molecular flexibility index (Phi) is 2.66. The van der Waals surface area contributed by atoms with Gasteiger partial charge in [-0.2, -0.15) is 0 Å². The molecule has 3 nitrogen and oxygen atoms in total. The van der Waals surface area contributed by atoms with E-state index in [0.29, 0.717) is 17.8 Å². The average molecular weight is 231 g/mol. The zero-order chi connectivity index (χ0) is 11.7. The molecule has 0 saturated heterocycles. The van der Waals surface area contributed by atoms with Crippen molar-refractivity contribution < 1.29 is 0 Å². The van der Waals surface area contributed by atoms with Gasteiger partial charge in [0.1, 0.15) is 0 Å². The Balaban J connectivity index is 2.57. The molecular formula is C12H13N3S. The van der Waals surface area contributed by atoms with Crippen LogP contribution in [0.5, 0.6) is 0 Å². The van der Waals surface area contributed by atoms with Gasteiger partial charge in [0.05, 0.1) is 0 Å². The highest BCUT2D eigenvalue weighted by Gasteiger charge is 2.13. The maximum absolute atomic E-state index is 5.91. The molecular weight excluding hydrogens is 218 g/mol. The highest BCUT2D eigenvalue weighted by atomic mass is 32.1. The number of nitrogens with two attached hydrogens (primary N) is 3. The van der Waals surface area contributed by atoms with Crippen LogP contribution in [0.25, 0.3) is 5.57 Å². The average Bonchev–Trinajstić information content (AvgIpc) is 2.15. The Labute approximate surface area is 99.6 Å². The van der Waals surface area contributed by atoms with Crippen LogP contribution in [-0.4, -0.2) is 4.86 Å². The van der Waals surface area contributed by atoms with E-state index in [4.69, 9.17) is 29.4 Å². The summed E-state index contributed by atoms with van der Waals surface area (Å²) in [5.41, 5.74) is 21.3. The molecule has 1 aliphatic carbocycles. The third-order valence-electron chi connectivity index (χ3n) is 2.45. The summed E-state index contributed by atoms with van der Waals surface area (Å²) in [6, 6.07) is 5.45. The van der Waals surface area contributed by atoms with Crippen molar-refractivity contribution in [2.24, 2.45) is 5.73 Å². The zero-order valence-corrected chi connectivity index (χ0v) is 9.55. The van der Waals surface area contributed by atoms with Gasteiger partial charge in [-0.25, -0.2) is 0 Å². The van der Waals surface area contributed by atoms with E-state index >= 15 is 0 Å². The van der Waals surface area contributed by atoms with E-state index in [0.717, 1.165) is 21.7 Å². The topological polar surface area (TPSA) is 78.1 Å². The van der Waals surface area contributed by atoms with Gasteiger partial charge in [-0.05, 0) is 29.9 Å². The SMILES string of the molecule is NC1=CC(c2c(N)cccc2N)=CC(=S)C1. The summed E-state index contributed by atoms with van der Waals surface area (Å²) in [6.45, 7) is 0. The van der Waals surface area contributed by atoms with Crippen LogP contribution in [0.3, 0.4) is 0 Å². The van der Waals surface area contributed by atoms with Gasteiger partial charge < -0.3 is 17.2 Å². The minimum Gasteiger partial charge on any atom is -0.402 e. The molecule has 4 heteroatoms. The van der Waals surface area contributed by atoms with Crippen molar-refractivity contribution in [3.8, 4) is 0 Å². The highest BCUT2D eigenvalue weighted by Crippen LogP contribution is 2.31. The summed E-state index contributed by atoms with van der Waals surface area (Å²) >= 11 is 5.17. The first-order valence-electron chi connectivity index (χ1n) is 4.93. The van der Waals surface area contributed by atoms with E-state index in [1.807, 2.05) is 30.4 Å². The molecule has 2 rings (SSSR count). The zero-order valence-electron chi connectivity index (χ0n) is 8.73. The highest BCUT2D eigenvalue weighted by molar-refractivity contribution is 7.80. The molecule has 1 aliphatic rings. The van der Waals surface area contributed by atoms with E-state index < -0.39 is 0 Å². The maximum Gasteiger partial charge on any atom is 0.0414 e. The van der Waals surface area contributed by atoms with Crippen LogP contribution in [0.2, 0.25) is 0 Å². The van der Waals surface area contributed by atoms with Crippen molar-refractivity contribution in [2.75, 3.05) is 11.5 Å². The summed E-state index contributed by atoms with van der Waals surface area (Å²) < 4.78 is 0. The molecule has 0 spiro atoms. The first-order valence-corrected chi connectivity index (χ1v) is 5.33. The van der Waals surface area contributed by atoms with E-state index in [1.165, 1.54) is 0 Å². The fourth-order valence-electron chi connectivity index (χ4n) is 1.78. The van der Waals surface area contributed by atoms with Crippen molar-refractivity contribution in [1.29, 1.82) is 0 Å². The molecule has 0 heterocycles. The van der Waals surface area contributed by atoms with Gasteiger partial charge in [0.15, 0.2) is 0 Å². The second-order valence-corrected chi connectivity index (χ2v) is 4.30. The number of anilines is 2. The Morgan fingerprint density at radius 3 is 2.19 bits per heavy atom. The lowest BCUT2D eigenvalue weighted by atomic mass is 9.95. The monoisotopic (exact) mass is 231 g/mol. The van der Waals surface area contributed by atoms with Gasteiger partial charge in [0.25, 0.3) is 0 Å². The Hall–Kier alpha value is -1.81. The maximum atomic E-state index is 5.91. The lowest BCUT2D eigenvalue weighted by Gasteiger charge is -2.15. The number of benzene rings is 1. The Bertz CT molecular complexity index is 495. The molecule has 0 unspecified atom stereocenters. The van der Waals surface area contributed by atoms with Gasteiger partial charge in [0, 0.05) is 33.9 Å². The molecule has 0 amide bonds. The number of hydrogen-bond acceptors (Lipinski definition) is 4. The van der Waals surface area contributed by atoms with Crippen LogP contribution < -0.4 is 17.2 Å². The lowest BCUT2D eigenvalue weighted by molar-refractivity contribution is 1.22. The standard InChI is InChI=1S/C12H13N3S/c13-8-4-7(5-9(16)6-8)12-10(14)2-1-3-11(12)15/h1-5H,6,13-15H2. The van der Waals surface area contributed by atoms with Crippen LogP contribution >= 0.6 is 12.2 Å². The molecule has 0 atom stereocenters. The number of thiocarbonyl (C=S) groups is 1. The summed E-state index contributed by atoms with van der Waals surface area (Å²) in [7, 11) is 0. The molecule has 0 aromatic heterocycles. The van der Waals surface area contributed by atoms with Crippen molar-refractivity contribution >= 4 is 34.0 Å². The summed E-state index contributed by atoms with van der Waals surface area (Å²) in [5.74, 6) is 0. The van der Waals surface area contributed by atoms with Crippen LogP contribution in [-0.2, 0) is 0 Å². The molecule has 16 heavy (non-hydrogen) atoms.